The lowest BCUT2D eigenvalue weighted by atomic mass is 10.2. The summed E-state index contributed by atoms with van der Waals surface area (Å²) in [6.07, 6.45) is 0.0455. The molecule has 2 aromatic carbocycles. The summed E-state index contributed by atoms with van der Waals surface area (Å²) < 4.78 is 0.922. The molecule has 1 atom stereocenters. The third kappa shape index (κ3) is 4.83. The first-order chi connectivity index (χ1) is 12.0. The predicted octanol–water partition coefficient (Wildman–Crippen LogP) is 3.59. The van der Waals surface area contributed by atoms with Crippen molar-refractivity contribution in [2.75, 3.05) is 10.6 Å². The molecule has 1 heterocycles. The summed E-state index contributed by atoms with van der Waals surface area (Å²) in [4.78, 5) is 28.0. The lowest BCUT2D eigenvalue weighted by Gasteiger charge is -2.09. The first kappa shape index (κ1) is 17.5. The van der Waals surface area contributed by atoms with Crippen molar-refractivity contribution in [1.29, 1.82) is 0 Å². The Morgan fingerprint density at radius 2 is 1.76 bits per heavy atom. The molecule has 0 bridgehead atoms. The number of halogens is 1. The Morgan fingerprint density at radius 3 is 2.44 bits per heavy atom. The molecule has 2 amide bonds. The third-order valence-corrected chi connectivity index (χ3v) is 4.96. The molecule has 0 saturated carbocycles. The van der Waals surface area contributed by atoms with Gasteiger partial charge < -0.3 is 15.7 Å². The number of amidine groups is 1. The van der Waals surface area contributed by atoms with Gasteiger partial charge in [-0.25, -0.2) is 0 Å². The van der Waals surface area contributed by atoms with Gasteiger partial charge in [-0.05, 0) is 48.5 Å². The van der Waals surface area contributed by atoms with Crippen LogP contribution in [0.15, 0.2) is 58.0 Å². The number of aliphatic imine (C=N–C) groups is 1. The van der Waals surface area contributed by atoms with Crippen molar-refractivity contribution in [3.05, 3.63) is 53.0 Å². The second-order valence-electron chi connectivity index (χ2n) is 5.29. The summed E-state index contributed by atoms with van der Waals surface area (Å²) in [7, 11) is 0. The van der Waals surface area contributed by atoms with Gasteiger partial charge in [0, 0.05) is 22.3 Å². The van der Waals surface area contributed by atoms with Crippen LogP contribution in [0.5, 0.6) is 5.75 Å². The van der Waals surface area contributed by atoms with Crippen LogP contribution in [0.25, 0.3) is 0 Å². The average molecular weight is 420 g/mol. The first-order valence-corrected chi connectivity index (χ1v) is 9.07. The fraction of sp³-hybridized carbons (Fsp3) is 0.118. The molecule has 6 nitrogen and oxygen atoms in total. The fourth-order valence-corrected chi connectivity index (χ4v) is 3.39. The minimum atomic E-state index is -0.546. The van der Waals surface area contributed by atoms with Gasteiger partial charge in [-0.2, -0.15) is 4.99 Å². The van der Waals surface area contributed by atoms with E-state index in [1.165, 1.54) is 23.9 Å². The van der Waals surface area contributed by atoms with Gasteiger partial charge in [-0.15, -0.1) is 0 Å². The summed E-state index contributed by atoms with van der Waals surface area (Å²) in [5.74, 6) is -0.420. The molecule has 0 saturated heterocycles. The van der Waals surface area contributed by atoms with E-state index in [9.17, 15) is 14.7 Å². The highest BCUT2D eigenvalue weighted by Gasteiger charge is 2.30. The lowest BCUT2D eigenvalue weighted by Crippen LogP contribution is -2.21. The topological polar surface area (TPSA) is 90.8 Å². The van der Waals surface area contributed by atoms with E-state index < -0.39 is 5.25 Å². The maximum atomic E-state index is 12.1. The standard InChI is InChI=1S/C17H14BrN3O3S/c18-10-1-3-11(4-2-10)19-15(23)9-14-16(24)21-17(25-14)20-12-5-7-13(22)8-6-12/h1-8,14,22H,9H2,(H,19,23)(H,20,21,24). The Kier molecular flexibility index (Phi) is 5.40. The number of nitrogens with zero attached hydrogens (tertiary/aromatic N) is 1. The quantitative estimate of drug-likeness (QED) is 0.658. The number of aromatic hydroxyl groups is 1. The summed E-state index contributed by atoms with van der Waals surface area (Å²) in [5, 5.41) is 14.9. The molecule has 128 valence electrons. The van der Waals surface area contributed by atoms with E-state index >= 15 is 0 Å². The zero-order valence-corrected chi connectivity index (χ0v) is 15.3. The highest BCUT2D eigenvalue weighted by Crippen LogP contribution is 2.27. The Hall–Kier alpha value is -2.32. The van der Waals surface area contributed by atoms with Gasteiger partial charge in [-0.1, -0.05) is 27.7 Å². The van der Waals surface area contributed by atoms with Gasteiger partial charge in [0.2, 0.25) is 5.91 Å². The van der Waals surface area contributed by atoms with E-state index in [1.807, 2.05) is 12.1 Å². The summed E-state index contributed by atoms with van der Waals surface area (Å²) >= 11 is 4.55. The third-order valence-electron chi connectivity index (χ3n) is 3.36. The van der Waals surface area contributed by atoms with E-state index in [2.05, 4.69) is 31.6 Å². The molecule has 0 spiro atoms. The van der Waals surface area contributed by atoms with Gasteiger partial charge in [0.25, 0.3) is 5.91 Å². The van der Waals surface area contributed by atoms with Crippen molar-refractivity contribution in [3.63, 3.8) is 0 Å². The predicted molar refractivity (Wildman–Crippen MR) is 103 cm³/mol. The first-order valence-electron chi connectivity index (χ1n) is 7.40. The van der Waals surface area contributed by atoms with Gasteiger partial charge in [-0.3, -0.25) is 9.59 Å². The highest BCUT2D eigenvalue weighted by atomic mass is 79.9. The van der Waals surface area contributed by atoms with Crippen LogP contribution in [0.3, 0.4) is 0 Å². The molecule has 25 heavy (non-hydrogen) atoms. The van der Waals surface area contributed by atoms with E-state index in [1.54, 1.807) is 24.3 Å². The number of nitrogens with one attached hydrogen (secondary N) is 2. The molecule has 3 rings (SSSR count). The lowest BCUT2D eigenvalue weighted by molar-refractivity contribution is -0.121. The number of phenols is 1. The molecule has 8 heteroatoms. The molecule has 1 aliphatic rings. The number of hydrogen-bond acceptors (Lipinski definition) is 5. The normalized spacial score (nSPS) is 16.4. The van der Waals surface area contributed by atoms with Crippen LogP contribution in [-0.4, -0.2) is 27.3 Å². The minimum absolute atomic E-state index is 0.0455. The summed E-state index contributed by atoms with van der Waals surface area (Å²) in [6, 6.07) is 13.6. The fourth-order valence-electron chi connectivity index (χ4n) is 2.15. The Bertz CT molecular complexity index is 822. The largest absolute Gasteiger partial charge is 0.508 e. The van der Waals surface area contributed by atoms with Gasteiger partial charge >= 0.3 is 0 Å². The number of anilines is 2. The number of phenolic OH excluding ortho intramolecular Hbond substituents is 1. The SMILES string of the molecule is O=C(CC1SC(Nc2ccc(O)cc2)=NC1=O)Nc1ccc(Br)cc1. The van der Waals surface area contributed by atoms with Crippen LogP contribution in [0, 0.1) is 0 Å². The minimum Gasteiger partial charge on any atom is -0.508 e. The van der Waals surface area contributed by atoms with E-state index in [0.29, 0.717) is 16.5 Å². The number of amides is 2. The van der Waals surface area contributed by atoms with E-state index in [0.717, 1.165) is 4.47 Å². The van der Waals surface area contributed by atoms with E-state index in [-0.39, 0.29) is 24.0 Å². The molecule has 0 aliphatic carbocycles. The average Bonchev–Trinajstić information content (AvgIpc) is 2.91. The van der Waals surface area contributed by atoms with Crippen molar-refractivity contribution >= 4 is 56.0 Å². The van der Waals surface area contributed by atoms with Crippen LogP contribution in [0.4, 0.5) is 11.4 Å². The molecule has 1 unspecified atom stereocenters. The number of rotatable bonds is 4. The molecule has 2 aromatic rings. The molecule has 0 aromatic heterocycles. The van der Waals surface area contributed by atoms with E-state index in [4.69, 9.17) is 0 Å². The van der Waals surface area contributed by atoms with Crippen molar-refractivity contribution in [2.45, 2.75) is 11.7 Å². The summed E-state index contributed by atoms with van der Waals surface area (Å²) in [5.41, 5.74) is 1.38. The van der Waals surface area contributed by atoms with Crippen LogP contribution in [0.1, 0.15) is 6.42 Å². The monoisotopic (exact) mass is 419 g/mol. The second-order valence-corrected chi connectivity index (χ2v) is 7.40. The molecular formula is C17H14BrN3O3S. The van der Waals surface area contributed by atoms with Crippen molar-refractivity contribution in [3.8, 4) is 5.75 Å². The van der Waals surface area contributed by atoms with Gasteiger partial charge in [0.1, 0.15) is 11.0 Å². The van der Waals surface area contributed by atoms with Gasteiger partial charge in [0.05, 0.1) is 0 Å². The van der Waals surface area contributed by atoms with Crippen molar-refractivity contribution < 1.29 is 14.7 Å². The number of thioether (sulfide) groups is 1. The smallest absolute Gasteiger partial charge is 0.262 e. The van der Waals surface area contributed by atoms with Crippen LogP contribution in [0.2, 0.25) is 0 Å². The van der Waals surface area contributed by atoms with Crippen LogP contribution in [-0.2, 0) is 9.59 Å². The van der Waals surface area contributed by atoms with Gasteiger partial charge in [0.15, 0.2) is 5.17 Å². The van der Waals surface area contributed by atoms with Crippen LogP contribution < -0.4 is 10.6 Å². The second kappa shape index (κ2) is 7.71. The maximum absolute atomic E-state index is 12.1. The van der Waals surface area contributed by atoms with Crippen molar-refractivity contribution in [2.24, 2.45) is 4.99 Å². The zero-order chi connectivity index (χ0) is 17.8. The molecule has 0 fully saturated rings. The molecule has 1 aliphatic heterocycles. The number of carbonyl (C=O) groups excluding carboxylic acids is 2. The number of benzene rings is 2. The number of hydrogen-bond donors (Lipinski definition) is 3. The Morgan fingerprint density at radius 1 is 1.12 bits per heavy atom. The zero-order valence-electron chi connectivity index (χ0n) is 12.9. The molecular weight excluding hydrogens is 406 g/mol. The Balaban J connectivity index is 1.54. The molecule has 0 radical (unpaired) electrons. The number of carbonyl (C=O) groups is 2. The highest BCUT2D eigenvalue weighted by molar-refractivity contribution is 9.10. The maximum Gasteiger partial charge on any atom is 0.262 e. The van der Waals surface area contributed by atoms with Crippen LogP contribution >= 0.6 is 27.7 Å². The summed E-state index contributed by atoms with van der Waals surface area (Å²) in [6.45, 7) is 0. The van der Waals surface area contributed by atoms with Crippen molar-refractivity contribution in [1.82, 2.24) is 0 Å². The molecule has 3 N–H and O–H groups in total. The Labute approximate surface area is 156 Å².